The molecule has 0 aliphatic carbocycles. The van der Waals surface area contributed by atoms with E-state index in [-0.39, 0.29) is 24.0 Å². The number of ether oxygens (including phenoxy) is 2. The minimum Gasteiger partial charge on any atom is -0.491 e. The Morgan fingerprint density at radius 3 is 2.70 bits per heavy atom. The van der Waals surface area contributed by atoms with Crippen LogP contribution < -0.4 is 15.4 Å². The lowest BCUT2D eigenvalue weighted by Gasteiger charge is -2.14. The van der Waals surface area contributed by atoms with Gasteiger partial charge in [0.15, 0.2) is 11.8 Å². The van der Waals surface area contributed by atoms with Crippen LogP contribution in [0, 0.1) is 13.8 Å². The highest BCUT2D eigenvalue weighted by Crippen LogP contribution is 2.21. The zero-order valence-electron chi connectivity index (χ0n) is 18.3. The van der Waals surface area contributed by atoms with E-state index in [0.717, 1.165) is 28.5 Å². The van der Waals surface area contributed by atoms with E-state index >= 15 is 0 Å². The topological polar surface area (TPSA) is 85.6 Å². The summed E-state index contributed by atoms with van der Waals surface area (Å²) >= 11 is 0. The Hall–Kier alpha value is -2.14. The number of hydrogen-bond acceptors (Lipinski definition) is 5. The Morgan fingerprint density at radius 2 is 2.03 bits per heavy atom. The molecule has 9 heteroatoms. The van der Waals surface area contributed by atoms with Gasteiger partial charge in [-0.2, -0.15) is 0 Å². The summed E-state index contributed by atoms with van der Waals surface area (Å²) in [5.74, 6) is 3.21. The van der Waals surface area contributed by atoms with E-state index in [1.807, 2.05) is 44.5 Å². The largest absolute Gasteiger partial charge is 0.491 e. The monoisotopic (exact) mass is 528 g/mol. The van der Waals surface area contributed by atoms with Gasteiger partial charge in [-0.15, -0.1) is 40.8 Å². The fourth-order valence-electron chi connectivity index (χ4n) is 2.56. The van der Waals surface area contributed by atoms with Gasteiger partial charge in [-0.25, -0.2) is 4.99 Å². The molecule has 0 radical (unpaired) electrons. The van der Waals surface area contributed by atoms with Gasteiger partial charge in [0.05, 0.1) is 19.7 Å². The van der Waals surface area contributed by atoms with Crippen LogP contribution in [0.2, 0.25) is 0 Å². The molecule has 2 N–H and O–H groups in total. The van der Waals surface area contributed by atoms with Crippen LogP contribution >= 0.6 is 24.0 Å². The third kappa shape index (κ3) is 8.31. The molecule has 30 heavy (non-hydrogen) atoms. The van der Waals surface area contributed by atoms with Crippen LogP contribution in [0.3, 0.4) is 0 Å². The lowest BCUT2D eigenvalue weighted by molar-refractivity contribution is 0.110. The number of aromatic nitrogens is 3. The standard InChI is InChI=1S/C21H32N6O2.HI/c1-6-10-22-21(24-15-20-26-25-17(4)27(20)5)23-14-18-9-8-16(3)13-19(18)29-12-11-28-7-2;/h6,8-9,13H,1,7,10-12,14-15H2,2-5H3,(H2,22,23,24);1H. The van der Waals surface area contributed by atoms with Crippen LogP contribution in [0.1, 0.15) is 29.7 Å². The van der Waals surface area contributed by atoms with Gasteiger partial charge in [0, 0.05) is 25.8 Å². The summed E-state index contributed by atoms with van der Waals surface area (Å²) in [7, 11) is 1.94. The van der Waals surface area contributed by atoms with Gasteiger partial charge in [0.1, 0.15) is 18.2 Å². The van der Waals surface area contributed by atoms with Crippen molar-refractivity contribution in [3.63, 3.8) is 0 Å². The van der Waals surface area contributed by atoms with Crippen molar-refractivity contribution in [2.75, 3.05) is 26.4 Å². The van der Waals surface area contributed by atoms with E-state index in [1.54, 1.807) is 6.08 Å². The van der Waals surface area contributed by atoms with Gasteiger partial charge >= 0.3 is 0 Å². The maximum atomic E-state index is 5.91. The molecular weight excluding hydrogens is 495 g/mol. The molecule has 1 aromatic carbocycles. The van der Waals surface area contributed by atoms with E-state index in [9.17, 15) is 0 Å². The molecule has 0 saturated carbocycles. The van der Waals surface area contributed by atoms with Crippen LogP contribution in [0.5, 0.6) is 5.75 Å². The SMILES string of the molecule is C=CCNC(=NCc1ccc(C)cc1OCCOCC)NCc1nnc(C)n1C.I. The predicted octanol–water partition coefficient (Wildman–Crippen LogP) is 2.89. The smallest absolute Gasteiger partial charge is 0.192 e. The van der Waals surface area contributed by atoms with Crippen LogP contribution in [0.25, 0.3) is 0 Å². The molecule has 8 nitrogen and oxygen atoms in total. The Balaban J connectivity index is 0.00000450. The molecule has 166 valence electrons. The molecule has 0 bridgehead atoms. The summed E-state index contributed by atoms with van der Waals surface area (Å²) in [6.07, 6.45) is 1.79. The van der Waals surface area contributed by atoms with Crippen LogP contribution in [0.4, 0.5) is 0 Å². The second kappa shape index (κ2) is 14.0. The molecule has 0 spiro atoms. The van der Waals surface area contributed by atoms with E-state index < -0.39 is 0 Å². The molecule has 0 fully saturated rings. The van der Waals surface area contributed by atoms with Crippen molar-refractivity contribution in [1.29, 1.82) is 0 Å². The molecule has 0 unspecified atom stereocenters. The number of aryl methyl sites for hydroxylation is 2. The van der Waals surface area contributed by atoms with Crippen LogP contribution in [-0.2, 0) is 24.9 Å². The van der Waals surface area contributed by atoms with Gasteiger partial charge < -0.3 is 24.7 Å². The number of nitrogens with zero attached hydrogens (tertiary/aromatic N) is 4. The normalized spacial score (nSPS) is 11.0. The Labute approximate surface area is 196 Å². The van der Waals surface area contributed by atoms with Gasteiger partial charge in [-0.1, -0.05) is 18.2 Å². The van der Waals surface area contributed by atoms with Crippen molar-refractivity contribution in [1.82, 2.24) is 25.4 Å². The minimum absolute atomic E-state index is 0. The number of nitrogens with one attached hydrogen (secondary N) is 2. The Morgan fingerprint density at radius 1 is 1.23 bits per heavy atom. The number of aliphatic imine (C=N–C) groups is 1. The summed E-state index contributed by atoms with van der Waals surface area (Å²) in [5, 5.41) is 14.8. The number of benzene rings is 1. The summed E-state index contributed by atoms with van der Waals surface area (Å²) in [4.78, 5) is 4.70. The number of halogens is 1. The summed E-state index contributed by atoms with van der Waals surface area (Å²) in [5.41, 5.74) is 2.16. The second-order valence-corrected chi connectivity index (χ2v) is 6.57. The molecule has 0 atom stereocenters. The number of guanidine groups is 1. The van der Waals surface area contributed by atoms with Gasteiger partial charge in [-0.3, -0.25) is 0 Å². The average Bonchev–Trinajstić information content (AvgIpc) is 3.04. The first-order valence-electron chi connectivity index (χ1n) is 9.83. The molecule has 0 amide bonds. The van der Waals surface area contributed by atoms with Crippen LogP contribution in [0.15, 0.2) is 35.8 Å². The highest BCUT2D eigenvalue weighted by molar-refractivity contribution is 14.0. The number of rotatable bonds is 11. The van der Waals surface area contributed by atoms with Crippen LogP contribution in [-0.4, -0.2) is 47.1 Å². The molecular formula is C21H33IN6O2. The van der Waals surface area contributed by atoms with Gasteiger partial charge in [0.2, 0.25) is 0 Å². The van der Waals surface area contributed by atoms with Crippen molar-refractivity contribution in [3.05, 3.63) is 53.6 Å². The highest BCUT2D eigenvalue weighted by Gasteiger charge is 2.08. The lowest BCUT2D eigenvalue weighted by atomic mass is 10.1. The Kier molecular flexibility index (Phi) is 12.1. The molecule has 1 heterocycles. The fourth-order valence-corrected chi connectivity index (χ4v) is 2.56. The first-order chi connectivity index (χ1) is 14.0. The highest BCUT2D eigenvalue weighted by atomic mass is 127. The molecule has 0 saturated heterocycles. The first-order valence-corrected chi connectivity index (χ1v) is 9.83. The summed E-state index contributed by atoms with van der Waals surface area (Å²) in [6.45, 7) is 13.1. The average molecular weight is 528 g/mol. The zero-order valence-corrected chi connectivity index (χ0v) is 20.6. The van der Waals surface area contributed by atoms with Gasteiger partial charge in [-0.05, 0) is 32.4 Å². The second-order valence-electron chi connectivity index (χ2n) is 6.57. The van der Waals surface area contributed by atoms with Crippen molar-refractivity contribution >= 4 is 29.9 Å². The number of hydrogen-bond donors (Lipinski definition) is 2. The van der Waals surface area contributed by atoms with Crippen molar-refractivity contribution < 1.29 is 9.47 Å². The van der Waals surface area contributed by atoms with E-state index in [2.05, 4.69) is 33.5 Å². The summed E-state index contributed by atoms with van der Waals surface area (Å²) in [6, 6.07) is 6.14. The van der Waals surface area contributed by atoms with Crippen molar-refractivity contribution in [2.24, 2.45) is 12.0 Å². The van der Waals surface area contributed by atoms with Crippen molar-refractivity contribution in [3.8, 4) is 5.75 Å². The van der Waals surface area contributed by atoms with E-state index in [0.29, 0.717) is 45.4 Å². The molecule has 2 aromatic rings. The maximum Gasteiger partial charge on any atom is 0.192 e. The quantitative estimate of drug-likeness (QED) is 0.154. The lowest BCUT2D eigenvalue weighted by Crippen LogP contribution is -2.37. The van der Waals surface area contributed by atoms with E-state index in [1.165, 1.54) is 0 Å². The Bertz CT molecular complexity index is 822. The molecule has 1 aromatic heterocycles. The summed E-state index contributed by atoms with van der Waals surface area (Å²) < 4.78 is 13.2. The molecule has 2 rings (SSSR count). The minimum atomic E-state index is 0. The van der Waals surface area contributed by atoms with Gasteiger partial charge in [0.25, 0.3) is 0 Å². The fraction of sp³-hybridized carbons (Fsp3) is 0.476. The maximum absolute atomic E-state index is 5.91. The predicted molar refractivity (Wildman–Crippen MR) is 131 cm³/mol. The van der Waals surface area contributed by atoms with Crippen molar-refractivity contribution in [2.45, 2.75) is 33.9 Å². The zero-order chi connectivity index (χ0) is 21.1. The van der Waals surface area contributed by atoms with E-state index in [4.69, 9.17) is 14.5 Å². The molecule has 0 aliphatic heterocycles. The molecule has 0 aliphatic rings. The third-order valence-corrected chi connectivity index (χ3v) is 4.33. The first kappa shape index (κ1) is 25.9. The third-order valence-electron chi connectivity index (χ3n) is 4.33.